The van der Waals surface area contributed by atoms with Gasteiger partial charge in [-0.3, -0.25) is 9.59 Å². The van der Waals surface area contributed by atoms with Gasteiger partial charge in [0.2, 0.25) is 0 Å². The molecule has 148 valence electrons. The first-order valence-electron chi connectivity index (χ1n) is 10.8. The van der Waals surface area contributed by atoms with E-state index in [2.05, 4.69) is 13.8 Å². The van der Waals surface area contributed by atoms with Crippen molar-refractivity contribution in [1.82, 2.24) is 0 Å². The fraction of sp³-hybridized carbons (Fsp3) is 0.783. The Morgan fingerprint density at radius 2 is 2.04 bits per heavy atom. The van der Waals surface area contributed by atoms with E-state index in [0.29, 0.717) is 30.6 Å². The number of ether oxygens (including phenoxy) is 1. The molecule has 0 bridgehead atoms. The van der Waals surface area contributed by atoms with Crippen LogP contribution in [0.5, 0.6) is 0 Å². The summed E-state index contributed by atoms with van der Waals surface area (Å²) in [6.45, 7) is 6.25. The molecule has 0 saturated heterocycles. The van der Waals surface area contributed by atoms with Crippen molar-refractivity contribution in [2.45, 2.75) is 78.2 Å². The minimum atomic E-state index is -0.448. The lowest BCUT2D eigenvalue weighted by atomic mass is 9.45. The highest BCUT2D eigenvalue weighted by atomic mass is 16.5. The van der Waals surface area contributed by atoms with E-state index in [1.807, 2.05) is 6.92 Å². The number of aldehydes is 1. The molecular formula is C23H32O4. The molecule has 7 atom stereocenters. The highest BCUT2D eigenvalue weighted by Crippen LogP contribution is 2.66. The van der Waals surface area contributed by atoms with Crippen LogP contribution >= 0.6 is 0 Å². The Kier molecular flexibility index (Phi) is 4.59. The normalized spacial score (nSPS) is 46.0. The van der Waals surface area contributed by atoms with Crippen LogP contribution in [-0.4, -0.2) is 24.1 Å². The number of carbonyl (C=O) groups is 3. The Morgan fingerprint density at radius 1 is 1.26 bits per heavy atom. The number of fused-ring (bicyclic) bond motifs is 5. The van der Waals surface area contributed by atoms with E-state index in [0.717, 1.165) is 44.1 Å². The summed E-state index contributed by atoms with van der Waals surface area (Å²) in [5.41, 5.74) is 0.680. The second kappa shape index (κ2) is 6.56. The lowest BCUT2D eigenvalue weighted by Crippen LogP contribution is -2.55. The summed E-state index contributed by atoms with van der Waals surface area (Å²) < 4.78 is 5.84. The topological polar surface area (TPSA) is 60.4 Å². The molecule has 4 aliphatic carbocycles. The van der Waals surface area contributed by atoms with Crippen molar-refractivity contribution in [3.8, 4) is 0 Å². The molecule has 4 nitrogen and oxygen atoms in total. The molecule has 0 spiro atoms. The molecule has 0 heterocycles. The first-order valence-corrected chi connectivity index (χ1v) is 10.8. The van der Waals surface area contributed by atoms with Gasteiger partial charge in [-0.1, -0.05) is 26.3 Å². The number of allylic oxidation sites excluding steroid dienone is 1. The van der Waals surface area contributed by atoms with Crippen LogP contribution in [0.25, 0.3) is 0 Å². The third-order valence-electron chi connectivity index (χ3n) is 8.68. The van der Waals surface area contributed by atoms with Crippen LogP contribution in [0, 0.1) is 34.5 Å². The van der Waals surface area contributed by atoms with Crippen LogP contribution in [0.2, 0.25) is 0 Å². The molecule has 0 amide bonds. The van der Waals surface area contributed by atoms with Crippen molar-refractivity contribution < 1.29 is 19.1 Å². The van der Waals surface area contributed by atoms with Gasteiger partial charge in [-0.15, -0.1) is 0 Å². The molecule has 3 fully saturated rings. The molecule has 0 aromatic heterocycles. The summed E-state index contributed by atoms with van der Waals surface area (Å²) >= 11 is 0. The lowest BCUT2D eigenvalue weighted by Gasteiger charge is -2.58. The molecule has 0 radical (unpaired) electrons. The van der Waals surface area contributed by atoms with E-state index in [4.69, 9.17) is 4.74 Å². The average Bonchev–Trinajstić information content (AvgIpc) is 2.97. The van der Waals surface area contributed by atoms with Crippen LogP contribution in [0.4, 0.5) is 0 Å². The van der Waals surface area contributed by atoms with E-state index in [1.54, 1.807) is 6.08 Å². The van der Waals surface area contributed by atoms with Gasteiger partial charge in [-0.25, -0.2) is 0 Å². The minimum Gasteiger partial charge on any atom is -0.462 e. The second-order valence-electron chi connectivity index (χ2n) is 9.66. The van der Waals surface area contributed by atoms with Crippen molar-refractivity contribution in [3.63, 3.8) is 0 Å². The first kappa shape index (κ1) is 18.9. The summed E-state index contributed by atoms with van der Waals surface area (Å²) in [6, 6.07) is 0. The standard InChI is InChI=1S/C23H32O4/c1-4-21(26)27-20-8-7-18-17-6-5-15-12-16(25)11-14(2)23(15,13-24)19(17)9-10-22(18,20)3/h12-14,17-20H,4-11H2,1-3H3/t14-,17-,18-,19-,20-,22-,23-/m0/s1. The van der Waals surface area contributed by atoms with Crippen LogP contribution < -0.4 is 0 Å². The summed E-state index contributed by atoms with van der Waals surface area (Å²) in [5.74, 6) is 1.51. The summed E-state index contributed by atoms with van der Waals surface area (Å²) in [5, 5.41) is 0. The zero-order valence-corrected chi connectivity index (χ0v) is 16.8. The van der Waals surface area contributed by atoms with Crippen molar-refractivity contribution in [3.05, 3.63) is 11.6 Å². The molecular weight excluding hydrogens is 340 g/mol. The quantitative estimate of drug-likeness (QED) is 0.548. The smallest absolute Gasteiger partial charge is 0.305 e. The first-order chi connectivity index (χ1) is 12.9. The second-order valence-corrected chi connectivity index (χ2v) is 9.66. The van der Waals surface area contributed by atoms with Gasteiger partial charge in [0, 0.05) is 18.3 Å². The Bertz CT molecular complexity index is 694. The molecule has 27 heavy (non-hydrogen) atoms. The molecule has 3 saturated carbocycles. The van der Waals surface area contributed by atoms with E-state index >= 15 is 0 Å². The van der Waals surface area contributed by atoms with Crippen LogP contribution in [0.1, 0.15) is 72.1 Å². The van der Waals surface area contributed by atoms with E-state index in [9.17, 15) is 14.4 Å². The summed E-state index contributed by atoms with van der Waals surface area (Å²) in [7, 11) is 0. The largest absolute Gasteiger partial charge is 0.462 e. The van der Waals surface area contributed by atoms with Crippen molar-refractivity contribution in [2.75, 3.05) is 0 Å². The molecule has 0 aromatic rings. The third kappa shape index (κ3) is 2.58. The summed E-state index contributed by atoms with van der Waals surface area (Å²) in [6.07, 6.45) is 9.87. The Morgan fingerprint density at radius 3 is 2.74 bits per heavy atom. The van der Waals surface area contributed by atoms with Gasteiger partial charge < -0.3 is 9.53 Å². The number of esters is 1. The van der Waals surface area contributed by atoms with Gasteiger partial charge >= 0.3 is 5.97 Å². The highest BCUT2D eigenvalue weighted by molar-refractivity contribution is 5.94. The van der Waals surface area contributed by atoms with Gasteiger partial charge in [-0.05, 0) is 68.3 Å². The highest BCUT2D eigenvalue weighted by Gasteiger charge is 2.62. The van der Waals surface area contributed by atoms with Gasteiger partial charge in [-0.2, -0.15) is 0 Å². The maximum atomic E-state index is 12.5. The van der Waals surface area contributed by atoms with Gasteiger partial charge in [0.05, 0.1) is 5.41 Å². The van der Waals surface area contributed by atoms with Gasteiger partial charge in [0.25, 0.3) is 0 Å². The predicted molar refractivity (Wildman–Crippen MR) is 102 cm³/mol. The minimum absolute atomic E-state index is 0.0189. The molecule has 4 heteroatoms. The number of hydrogen-bond donors (Lipinski definition) is 0. The van der Waals surface area contributed by atoms with Crippen LogP contribution in [0.15, 0.2) is 11.6 Å². The fourth-order valence-electron chi connectivity index (χ4n) is 7.33. The lowest BCUT2D eigenvalue weighted by molar-refractivity contribution is -0.160. The van der Waals surface area contributed by atoms with Gasteiger partial charge in [0.15, 0.2) is 5.78 Å². The average molecular weight is 373 g/mol. The molecule has 4 aliphatic rings. The van der Waals surface area contributed by atoms with E-state index in [1.165, 1.54) is 6.29 Å². The zero-order chi connectivity index (χ0) is 19.4. The predicted octanol–water partition coefficient (Wildman–Crippen LogP) is 4.27. The maximum absolute atomic E-state index is 12.5. The maximum Gasteiger partial charge on any atom is 0.305 e. The summed E-state index contributed by atoms with van der Waals surface area (Å²) in [4.78, 5) is 36.5. The van der Waals surface area contributed by atoms with Gasteiger partial charge in [0.1, 0.15) is 12.4 Å². The van der Waals surface area contributed by atoms with E-state index < -0.39 is 5.41 Å². The third-order valence-corrected chi connectivity index (χ3v) is 8.68. The van der Waals surface area contributed by atoms with Crippen LogP contribution in [-0.2, 0) is 19.1 Å². The van der Waals surface area contributed by atoms with Crippen LogP contribution in [0.3, 0.4) is 0 Å². The number of ketones is 1. The Balaban J connectivity index is 1.66. The van der Waals surface area contributed by atoms with E-state index in [-0.39, 0.29) is 29.2 Å². The SMILES string of the molecule is CCC(=O)O[C@H]1CC[C@H]2[C@@H]3CCC4=CC(=O)C[C@H](C)[C@]4(C=O)[C@H]3CC[C@]12C. The van der Waals surface area contributed by atoms with Crippen molar-refractivity contribution in [2.24, 2.45) is 34.5 Å². The molecule has 0 N–H and O–H groups in total. The number of rotatable bonds is 3. The number of hydrogen-bond acceptors (Lipinski definition) is 4. The Hall–Kier alpha value is -1.45. The Labute approximate surface area is 162 Å². The molecule has 0 aromatic carbocycles. The molecule has 0 unspecified atom stereocenters. The molecule has 4 rings (SSSR count). The number of carbonyl (C=O) groups excluding carboxylic acids is 3. The van der Waals surface area contributed by atoms with Crippen molar-refractivity contribution in [1.29, 1.82) is 0 Å². The fourth-order valence-corrected chi connectivity index (χ4v) is 7.33. The molecule has 0 aliphatic heterocycles. The monoisotopic (exact) mass is 372 g/mol. The van der Waals surface area contributed by atoms with Crippen molar-refractivity contribution >= 4 is 18.0 Å². The zero-order valence-electron chi connectivity index (χ0n) is 16.8.